The fraction of sp³-hybridized carbons (Fsp3) is 0.294. The quantitative estimate of drug-likeness (QED) is 0.672. The summed E-state index contributed by atoms with van der Waals surface area (Å²) in [4.78, 5) is 0. The minimum absolute atomic E-state index is 0.108. The fourth-order valence-corrected chi connectivity index (χ4v) is 3.18. The molecule has 0 amide bonds. The van der Waals surface area contributed by atoms with E-state index in [-0.39, 0.29) is 6.04 Å². The first kappa shape index (κ1) is 16.8. The van der Waals surface area contributed by atoms with Crippen molar-refractivity contribution in [2.45, 2.75) is 26.8 Å². The van der Waals surface area contributed by atoms with Gasteiger partial charge in [-0.05, 0) is 60.8 Å². The zero-order valence-corrected chi connectivity index (χ0v) is 15.4. The lowest BCUT2D eigenvalue weighted by Gasteiger charge is -2.22. The Morgan fingerprint density at radius 2 is 1.76 bits per heavy atom. The van der Waals surface area contributed by atoms with E-state index in [2.05, 4.69) is 54.2 Å². The van der Waals surface area contributed by atoms with Crippen LogP contribution in [0.2, 0.25) is 10.0 Å². The van der Waals surface area contributed by atoms with Crippen LogP contribution in [0.15, 0.2) is 34.8 Å². The van der Waals surface area contributed by atoms with E-state index < -0.39 is 0 Å². The standard InChI is InChI=1S/C17H18BrCl2N/c1-4-21-17(12-5-6-15(19)16(20)9-12)13-7-11(3)14(18)8-10(13)2/h5-9,17,21H,4H2,1-3H3. The normalized spacial score (nSPS) is 12.5. The predicted octanol–water partition coefficient (Wildman–Crippen LogP) is 6.07. The van der Waals surface area contributed by atoms with Crippen molar-refractivity contribution in [1.29, 1.82) is 0 Å². The summed E-state index contributed by atoms with van der Waals surface area (Å²) in [5.74, 6) is 0. The summed E-state index contributed by atoms with van der Waals surface area (Å²) in [6, 6.07) is 10.3. The van der Waals surface area contributed by atoms with Crippen molar-refractivity contribution in [3.05, 3.63) is 67.1 Å². The van der Waals surface area contributed by atoms with Gasteiger partial charge in [-0.2, -0.15) is 0 Å². The van der Waals surface area contributed by atoms with Gasteiger partial charge in [-0.15, -0.1) is 0 Å². The van der Waals surface area contributed by atoms with E-state index in [1.807, 2.05) is 18.2 Å². The highest BCUT2D eigenvalue weighted by molar-refractivity contribution is 9.10. The van der Waals surface area contributed by atoms with Crippen molar-refractivity contribution in [1.82, 2.24) is 5.32 Å². The average molecular weight is 387 g/mol. The van der Waals surface area contributed by atoms with Crippen LogP contribution < -0.4 is 5.32 Å². The Morgan fingerprint density at radius 1 is 1.05 bits per heavy atom. The summed E-state index contributed by atoms with van der Waals surface area (Å²) in [6.07, 6.45) is 0. The van der Waals surface area contributed by atoms with Crippen LogP contribution in [0.5, 0.6) is 0 Å². The number of benzene rings is 2. The molecule has 0 radical (unpaired) electrons. The van der Waals surface area contributed by atoms with Crippen LogP contribution in [0.3, 0.4) is 0 Å². The van der Waals surface area contributed by atoms with E-state index in [4.69, 9.17) is 23.2 Å². The SMILES string of the molecule is CCNC(c1ccc(Cl)c(Cl)c1)c1cc(C)c(Br)cc1C. The van der Waals surface area contributed by atoms with Crippen molar-refractivity contribution in [3.63, 3.8) is 0 Å². The van der Waals surface area contributed by atoms with Gasteiger partial charge in [-0.1, -0.05) is 58.2 Å². The van der Waals surface area contributed by atoms with E-state index in [1.165, 1.54) is 16.7 Å². The lowest BCUT2D eigenvalue weighted by Crippen LogP contribution is -2.23. The molecule has 4 heteroatoms. The smallest absolute Gasteiger partial charge is 0.0595 e. The van der Waals surface area contributed by atoms with Gasteiger partial charge in [0.15, 0.2) is 0 Å². The maximum Gasteiger partial charge on any atom is 0.0595 e. The highest BCUT2D eigenvalue weighted by Gasteiger charge is 2.17. The first-order valence-electron chi connectivity index (χ1n) is 6.89. The van der Waals surface area contributed by atoms with E-state index in [1.54, 1.807) is 0 Å². The van der Waals surface area contributed by atoms with Gasteiger partial charge >= 0.3 is 0 Å². The molecule has 2 aromatic carbocycles. The van der Waals surface area contributed by atoms with Gasteiger partial charge in [0.1, 0.15) is 0 Å². The maximum atomic E-state index is 6.17. The largest absolute Gasteiger partial charge is 0.307 e. The Balaban J connectivity index is 2.52. The van der Waals surface area contributed by atoms with Gasteiger partial charge in [-0.25, -0.2) is 0 Å². The van der Waals surface area contributed by atoms with Gasteiger partial charge in [0, 0.05) is 4.47 Å². The highest BCUT2D eigenvalue weighted by atomic mass is 79.9. The van der Waals surface area contributed by atoms with Crippen molar-refractivity contribution in [2.75, 3.05) is 6.54 Å². The number of rotatable bonds is 4. The zero-order chi connectivity index (χ0) is 15.6. The number of hydrogen-bond acceptors (Lipinski definition) is 1. The zero-order valence-electron chi connectivity index (χ0n) is 12.3. The van der Waals surface area contributed by atoms with Crippen LogP contribution in [-0.2, 0) is 0 Å². The first-order chi connectivity index (χ1) is 9.93. The summed E-state index contributed by atoms with van der Waals surface area (Å²) in [7, 11) is 0. The first-order valence-corrected chi connectivity index (χ1v) is 8.44. The number of aryl methyl sites for hydroxylation is 2. The fourth-order valence-electron chi connectivity index (χ4n) is 2.42. The van der Waals surface area contributed by atoms with Gasteiger partial charge in [0.2, 0.25) is 0 Å². The molecule has 2 aromatic rings. The molecule has 0 aromatic heterocycles. The molecule has 112 valence electrons. The topological polar surface area (TPSA) is 12.0 Å². The third-order valence-corrected chi connectivity index (χ3v) is 5.14. The molecule has 0 aliphatic carbocycles. The summed E-state index contributed by atoms with van der Waals surface area (Å²) in [5.41, 5.74) is 4.84. The molecule has 0 heterocycles. The Labute approximate surface area is 144 Å². The number of nitrogens with one attached hydrogen (secondary N) is 1. The Hall–Kier alpha value is -0.540. The molecule has 1 N–H and O–H groups in total. The molecule has 0 aliphatic heterocycles. The van der Waals surface area contributed by atoms with Crippen molar-refractivity contribution < 1.29 is 0 Å². The average Bonchev–Trinajstić information content (AvgIpc) is 2.44. The lowest BCUT2D eigenvalue weighted by atomic mass is 9.93. The van der Waals surface area contributed by atoms with Gasteiger partial charge < -0.3 is 5.32 Å². The molecule has 0 spiro atoms. The summed E-state index contributed by atoms with van der Waals surface area (Å²) in [6.45, 7) is 7.21. The van der Waals surface area contributed by atoms with E-state index in [9.17, 15) is 0 Å². The Morgan fingerprint density at radius 3 is 2.38 bits per heavy atom. The molecule has 0 bridgehead atoms. The van der Waals surface area contributed by atoms with Crippen LogP contribution in [0.25, 0.3) is 0 Å². The molecule has 0 saturated carbocycles. The highest BCUT2D eigenvalue weighted by Crippen LogP contribution is 2.32. The number of halogens is 3. The Kier molecular flexibility index (Phi) is 5.73. The minimum Gasteiger partial charge on any atom is -0.307 e. The van der Waals surface area contributed by atoms with Gasteiger partial charge in [0.25, 0.3) is 0 Å². The van der Waals surface area contributed by atoms with Crippen LogP contribution in [0, 0.1) is 13.8 Å². The predicted molar refractivity (Wildman–Crippen MR) is 95.6 cm³/mol. The molecular weight excluding hydrogens is 369 g/mol. The van der Waals surface area contributed by atoms with Gasteiger partial charge in [-0.3, -0.25) is 0 Å². The molecule has 2 rings (SSSR count). The van der Waals surface area contributed by atoms with Crippen LogP contribution >= 0.6 is 39.1 Å². The van der Waals surface area contributed by atoms with E-state index in [0.29, 0.717) is 10.0 Å². The van der Waals surface area contributed by atoms with E-state index in [0.717, 1.165) is 16.6 Å². The van der Waals surface area contributed by atoms with Crippen LogP contribution in [-0.4, -0.2) is 6.54 Å². The minimum atomic E-state index is 0.108. The van der Waals surface area contributed by atoms with Crippen molar-refractivity contribution >= 4 is 39.1 Å². The third kappa shape index (κ3) is 3.81. The molecule has 0 aliphatic rings. The summed E-state index contributed by atoms with van der Waals surface area (Å²) < 4.78 is 1.13. The van der Waals surface area contributed by atoms with E-state index >= 15 is 0 Å². The molecule has 1 atom stereocenters. The Bertz CT molecular complexity index is 655. The molecular formula is C17H18BrCl2N. The second-order valence-corrected chi connectivity index (χ2v) is 6.79. The van der Waals surface area contributed by atoms with Crippen LogP contribution in [0.4, 0.5) is 0 Å². The monoisotopic (exact) mass is 385 g/mol. The maximum absolute atomic E-state index is 6.17. The third-order valence-electron chi connectivity index (χ3n) is 3.54. The van der Waals surface area contributed by atoms with Crippen molar-refractivity contribution in [2.24, 2.45) is 0 Å². The summed E-state index contributed by atoms with van der Waals surface area (Å²) >= 11 is 15.8. The molecule has 0 fully saturated rings. The second-order valence-electron chi connectivity index (χ2n) is 5.12. The molecule has 1 nitrogen and oxygen atoms in total. The molecule has 21 heavy (non-hydrogen) atoms. The second kappa shape index (κ2) is 7.15. The van der Waals surface area contributed by atoms with Crippen molar-refractivity contribution in [3.8, 4) is 0 Å². The number of hydrogen-bond donors (Lipinski definition) is 1. The molecule has 0 saturated heterocycles. The lowest BCUT2D eigenvalue weighted by molar-refractivity contribution is 0.627. The molecule has 1 unspecified atom stereocenters. The van der Waals surface area contributed by atoms with Crippen LogP contribution in [0.1, 0.15) is 35.2 Å². The van der Waals surface area contributed by atoms with Gasteiger partial charge in [0.05, 0.1) is 16.1 Å². The summed E-state index contributed by atoms with van der Waals surface area (Å²) in [5, 5.41) is 4.70.